The number of fused-ring (bicyclic) bond motifs is 1. The normalized spacial score (nSPS) is 14.1. The molecule has 10 heteroatoms. The van der Waals surface area contributed by atoms with E-state index in [0.717, 1.165) is 5.52 Å². The van der Waals surface area contributed by atoms with Crippen LogP contribution in [0.3, 0.4) is 0 Å². The van der Waals surface area contributed by atoms with Gasteiger partial charge in [-0.05, 0) is 48.4 Å². The first-order valence-corrected chi connectivity index (χ1v) is 10.8. The molecule has 4 rings (SSSR count). The zero-order chi connectivity index (χ0) is 24.1. The van der Waals surface area contributed by atoms with Gasteiger partial charge in [0, 0.05) is 37.0 Å². The Hall–Kier alpha value is -4.02. The molecule has 0 saturated carbocycles. The second-order valence-corrected chi connectivity index (χ2v) is 7.75. The van der Waals surface area contributed by atoms with Crippen LogP contribution >= 0.6 is 0 Å². The fourth-order valence-electron chi connectivity index (χ4n) is 3.76. The quantitative estimate of drug-likeness (QED) is 0.433. The number of aliphatic hydroxyl groups excluding tert-OH is 1. The Morgan fingerprint density at radius 2 is 2.09 bits per heavy atom. The Kier molecular flexibility index (Phi) is 7.00. The van der Waals surface area contributed by atoms with E-state index in [1.54, 1.807) is 35.2 Å². The average Bonchev–Trinajstić information content (AvgIpc) is 3.17. The van der Waals surface area contributed by atoms with E-state index in [4.69, 9.17) is 10.5 Å². The number of nitrogens with one attached hydrogen (secondary N) is 1. The van der Waals surface area contributed by atoms with Gasteiger partial charge in [-0.2, -0.15) is 0 Å². The Morgan fingerprint density at radius 3 is 2.85 bits per heavy atom. The molecule has 34 heavy (non-hydrogen) atoms. The lowest BCUT2D eigenvalue weighted by molar-refractivity contribution is -0.125. The number of morpholine rings is 1. The number of aryl methyl sites for hydroxylation is 1. The number of hydrogen-bond acceptors (Lipinski definition) is 6. The van der Waals surface area contributed by atoms with E-state index in [9.17, 15) is 19.5 Å². The molecule has 1 fully saturated rings. The minimum Gasteiger partial charge on any atom is -0.396 e. The molecule has 3 aromatic rings. The van der Waals surface area contributed by atoms with Gasteiger partial charge < -0.3 is 25.0 Å². The number of benzene rings is 2. The molecular formula is C24H25N5O5. The number of nitrogens with zero attached hydrogens (tertiary/aromatic N) is 3. The molecule has 1 aliphatic rings. The Labute approximate surface area is 195 Å². The number of amides is 3. The SMILES string of the molecule is NC(=O)/C=C/c1cccc(C(=O)Nc2nc3cc(N4CCOCC4=O)ccc3n2CCCO)c1. The molecule has 1 aliphatic heterocycles. The van der Waals surface area contributed by atoms with Crippen LogP contribution < -0.4 is 16.0 Å². The molecule has 2 aromatic carbocycles. The minimum atomic E-state index is -0.578. The van der Waals surface area contributed by atoms with Gasteiger partial charge in [-0.25, -0.2) is 4.98 Å². The van der Waals surface area contributed by atoms with Gasteiger partial charge in [0.25, 0.3) is 11.8 Å². The monoisotopic (exact) mass is 463 g/mol. The van der Waals surface area contributed by atoms with Crippen LogP contribution in [0.1, 0.15) is 22.3 Å². The molecular weight excluding hydrogens is 438 g/mol. The summed E-state index contributed by atoms with van der Waals surface area (Å²) in [7, 11) is 0. The minimum absolute atomic E-state index is 0.0122. The number of carbonyl (C=O) groups excluding carboxylic acids is 3. The molecule has 4 N–H and O–H groups in total. The highest BCUT2D eigenvalue weighted by Gasteiger charge is 2.22. The number of ether oxygens (including phenoxy) is 1. The molecule has 3 amide bonds. The lowest BCUT2D eigenvalue weighted by Crippen LogP contribution is -2.41. The van der Waals surface area contributed by atoms with Crippen molar-refractivity contribution in [1.29, 1.82) is 0 Å². The highest BCUT2D eigenvalue weighted by Crippen LogP contribution is 2.27. The van der Waals surface area contributed by atoms with Crippen LogP contribution in [0.5, 0.6) is 0 Å². The molecule has 0 radical (unpaired) electrons. The van der Waals surface area contributed by atoms with E-state index in [-0.39, 0.29) is 25.0 Å². The van der Waals surface area contributed by atoms with Gasteiger partial charge in [0.1, 0.15) is 6.61 Å². The lowest BCUT2D eigenvalue weighted by atomic mass is 10.1. The number of rotatable bonds is 8. The first kappa shape index (κ1) is 23.1. The summed E-state index contributed by atoms with van der Waals surface area (Å²) in [6.07, 6.45) is 3.23. The van der Waals surface area contributed by atoms with E-state index in [1.165, 1.54) is 12.2 Å². The summed E-state index contributed by atoms with van der Waals surface area (Å²) in [5.74, 6) is -0.745. The van der Waals surface area contributed by atoms with Gasteiger partial charge in [-0.1, -0.05) is 12.1 Å². The highest BCUT2D eigenvalue weighted by atomic mass is 16.5. The second-order valence-electron chi connectivity index (χ2n) is 7.75. The number of imidazole rings is 1. The first-order chi connectivity index (χ1) is 16.5. The van der Waals surface area contributed by atoms with E-state index in [1.807, 2.05) is 16.7 Å². The van der Waals surface area contributed by atoms with E-state index in [2.05, 4.69) is 10.3 Å². The molecule has 0 bridgehead atoms. The fraction of sp³-hybridized carbons (Fsp3) is 0.250. The molecule has 1 saturated heterocycles. The van der Waals surface area contributed by atoms with Crippen LogP contribution in [-0.4, -0.2) is 58.7 Å². The van der Waals surface area contributed by atoms with Crippen molar-refractivity contribution < 1.29 is 24.2 Å². The third-order valence-electron chi connectivity index (χ3n) is 5.38. The number of anilines is 2. The summed E-state index contributed by atoms with van der Waals surface area (Å²) in [6.45, 7) is 1.39. The van der Waals surface area contributed by atoms with Crippen molar-refractivity contribution in [3.8, 4) is 0 Å². The van der Waals surface area contributed by atoms with Crippen molar-refractivity contribution >= 4 is 46.5 Å². The number of carbonyl (C=O) groups is 3. The molecule has 2 heterocycles. The Balaban J connectivity index is 1.64. The second kappa shape index (κ2) is 10.3. The van der Waals surface area contributed by atoms with E-state index < -0.39 is 5.91 Å². The Morgan fingerprint density at radius 1 is 1.24 bits per heavy atom. The van der Waals surface area contributed by atoms with Crippen LogP contribution in [0.15, 0.2) is 48.5 Å². The van der Waals surface area contributed by atoms with Crippen molar-refractivity contribution in [2.75, 3.05) is 36.6 Å². The maximum absolute atomic E-state index is 13.0. The molecule has 176 valence electrons. The summed E-state index contributed by atoms with van der Waals surface area (Å²) >= 11 is 0. The summed E-state index contributed by atoms with van der Waals surface area (Å²) in [6, 6.07) is 12.2. The number of nitrogens with two attached hydrogens (primary N) is 1. The molecule has 0 unspecified atom stereocenters. The van der Waals surface area contributed by atoms with Gasteiger partial charge in [0.2, 0.25) is 11.9 Å². The zero-order valence-electron chi connectivity index (χ0n) is 18.4. The van der Waals surface area contributed by atoms with Crippen LogP contribution in [-0.2, 0) is 20.9 Å². The van der Waals surface area contributed by atoms with Crippen molar-refractivity contribution in [2.24, 2.45) is 5.73 Å². The molecule has 0 atom stereocenters. The number of hydrogen-bond donors (Lipinski definition) is 3. The molecule has 0 spiro atoms. The summed E-state index contributed by atoms with van der Waals surface area (Å²) in [4.78, 5) is 42.4. The van der Waals surface area contributed by atoms with Crippen molar-refractivity contribution in [3.63, 3.8) is 0 Å². The van der Waals surface area contributed by atoms with Gasteiger partial charge in [0.15, 0.2) is 0 Å². The molecule has 10 nitrogen and oxygen atoms in total. The van der Waals surface area contributed by atoms with Crippen molar-refractivity contribution in [2.45, 2.75) is 13.0 Å². The summed E-state index contributed by atoms with van der Waals surface area (Å²) in [5.41, 5.74) is 8.26. The first-order valence-electron chi connectivity index (χ1n) is 10.8. The third kappa shape index (κ3) is 5.13. The van der Waals surface area contributed by atoms with Crippen molar-refractivity contribution in [3.05, 3.63) is 59.7 Å². The fourth-order valence-corrected chi connectivity index (χ4v) is 3.76. The van der Waals surface area contributed by atoms with Gasteiger partial charge >= 0.3 is 0 Å². The van der Waals surface area contributed by atoms with Gasteiger partial charge in [0.05, 0.1) is 17.6 Å². The van der Waals surface area contributed by atoms with Gasteiger partial charge in [-0.15, -0.1) is 0 Å². The van der Waals surface area contributed by atoms with E-state index >= 15 is 0 Å². The lowest BCUT2D eigenvalue weighted by Gasteiger charge is -2.26. The molecule has 0 aliphatic carbocycles. The smallest absolute Gasteiger partial charge is 0.257 e. The highest BCUT2D eigenvalue weighted by molar-refractivity contribution is 6.05. The van der Waals surface area contributed by atoms with E-state index in [0.29, 0.717) is 54.4 Å². The zero-order valence-corrected chi connectivity index (χ0v) is 18.4. The largest absolute Gasteiger partial charge is 0.396 e. The standard InChI is InChI=1S/C24H25N5O5/c25-21(31)8-5-16-3-1-4-17(13-16)23(33)27-24-26-19-14-18(28-10-12-34-15-22(28)32)6-7-20(19)29(24)9-2-11-30/h1,3-8,13-14,30H,2,9-12,15H2,(H2,25,31)(H,26,27,33)/b8-5+. The number of primary amides is 1. The summed E-state index contributed by atoms with van der Waals surface area (Å²) in [5, 5.41) is 12.2. The third-order valence-corrected chi connectivity index (χ3v) is 5.38. The number of aromatic nitrogens is 2. The average molecular weight is 463 g/mol. The van der Waals surface area contributed by atoms with Crippen LogP contribution in [0.4, 0.5) is 11.6 Å². The van der Waals surface area contributed by atoms with Crippen LogP contribution in [0, 0.1) is 0 Å². The van der Waals surface area contributed by atoms with Crippen molar-refractivity contribution in [1.82, 2.24) is 9.55 Å². The Bertz CT molecular complexity index is 1270. The summed E-state index contributed by atoms with van der Waals surface area (Å²) < 4.78 is 7.02. The maximum Gasteiger partial charge on any atom is 0.257 e. The number of aliphatic hydroxyl groups is 1. The predicted molar refractivity (Wildman–Crippen MR) is 127 cm³/mol. The van der Waals surface area contributed by atoms with Crippen LogP contribution in [0.2, 0.25) is 0 Å². The maximum atomic E-state index is 13.0. The van der Waals surface area contributed by atoms with Gasteiger partial charge in [-0.3, -0.25) is 19.7 Å². The molecule has 1 aromatic heterocycles. The van der Waals surface area contributed by atoms with Crippen LogP contribution in [0.25, 0.3) is 17.1 Å². The predicted octanol–water partition coefficient (Wildman–Crippen LogP) is 1.53. The topological polar surface area (TPSA) is 140 Å².